The molecule has 10 heteroatoms. The standard InChI is InChI=1S/C18H25BrFN3O4.K/c1-18(4-9-24,17(26)27)21-16(25)12-23-7-5-22(6-8-23)11-13-2-3-14(19)10-15(13)20;/h2-3,10,24H,4-9,11-12H2,1H3,(H,21,25)(H,26,27);/q;+1/p-1. The maximum atomic E-state index is 13.9. The first kappa shape index (κ1) is 26.1. The van der Waals surface area contributed by atoms with Crippen LogP contribution in [0.4, 0.5) is 4.39 Å². The van der Waals surface area contributed by atoms with E-state index in [2.05, 4.69) is 26.1 Å². The van der Waals surface area contributed by atoms with Crippen LogP contribution in [0.25, 0.3) is 0 Å². The maximum absolute atomic E-state index is 13.9. The van der Waals surface area contributed by atoms with E-state index in [-0.39, 0.29) is 76.8 Å². The van der Waals surface area contributed by atoms with Crippen LogP contribution < -0.4 is 61.8 Å². The van der Waals surface area contributed by atoms with Crippen molar-refractivity contribution in [1.29, 1.82) is 0 Å². The number of carbonyl (C=O) groups excluding carboxylic acids is 2. The molecule has 2 rings (SSSR count). The van der Waals surface area contributed by atoms with Gasteiger partial charge < -0.3 is 20.3 Å². The van der Waals surface area contributed by atoms with E-state index < -0.39 is 17.4 Å². The van der Waals surface area contributed by atoms with Crippen LogP contribution in [0.2, 0.25) is 0 Å². The number of nitrogens with one attached hydrogen (secondary N) is 1. The van der Waals surface area contributed by atoms with Crippen molar-refractivity contribution in [3.63, 3.8) is 0 Å². The maximum Gasteiger partial charge on any atom is 1.00 e. The third kappa shape index (κ3) is 7.73. The molecule has 1 saturated heterocycles. The Morgan fingerprint density at radius 1 is 1.29 bits per heavy atom. The summed E-state index contributed by atoms with van der Waals surface area (Å²) in [5.74, 6) is -2.11. The molecule has 2 N–H and O–H groups in total. The largest absolute Gasteiger partial charge is 1.00 e. The predicted octanol–water partition coefficient (Wildman–Crippen LogP) is -3.28. The SMILES string of the molecule is CC(CCO)(NC(=O)CN1CCN(Cc2ccc(Br)cc2F)CC1)C(=O)[O-].[K+]. The third-order valence-electron chi connectivity index (χ3n) is 4.72. The number of piperazine rings is 1. The summed E-state index contributed by atoms with van der Waals surface area (Å²) >= 11 is 3.24. The normalized spacial score (nSPS) is 17.4. The zero-order valence-corrected chi connectivity index (χ0v) is 20.9. The van der Waals surface area contributed by atoms with Crippen LogP contribution in [0.15, 0.2) is 22.7 Å². The number of hydrogen-bond donors (Lipinski definition) is 2. The van der Waals surface area contributed by atoms with E-state index in [1.54, 1.807) is 12.1 Å². The van der Waals surface area contributed by atoms with Gasteiger partial charge in [0.25, 0.3) is 0 Å². The molecule has 28 heavy (non-hydrogen) atoms. The Morgan fingerprint density at radius 2 is 1.89 bits per heavy atom. The second-order valence-electron chi connectivity index (χ2n) is 6.93. The molecule has 0 aliphatic carbocycles. The summed E-state index contributed by atoms with van der Waals surface area (Å²) in [5, 5.41) is 22.6. The summed E-state index contributed by atoms with van der Waals surface area (Å²) in [7, 11) is 0. The van der Waals surface area contributed by atoms with Crippen molar-refractivity contribution >= 4 is 27.8 Å². The van der Waals surface area contributed by atoms with Gasteiger partial charge in [-0.05, 0) is 25.5 Å². The average Bonchev–Trinajstić information content (AvgIpc) is 2.59. The number of carboxylic acids is 1. The fourth-order valence-corrected chi connectivity index (χ4v) is 3.32. The minimum atomic E-state index is -1.59. The first-order valence-electron chi connectivity index (χ1n) is 8.75. The summed E-state index contributed by atoms with van der Waals surface area (Å²) in [4.78, 5) is 27.4. The first-order chi connectivity index (χ1) is 12.7. The number of rotatable bonds is 8. The Hall–Kier alpha value is 0.0864. The van der Waals surface area contributed by atoms with E-state index in [1.807, 2.05) is 4.90 Å². The molecule has 1 aliphatic heterocycles. The van der Waals surface area contributed by atoms with Crippen LogP contribution in [0.1, 0.15) is 18.9 Å². The van der Waals surface area contributed by atoms with Gasteiger partial charge in [-0.3, -0.25) is 14.6 Å². The van der Waals surface area contributed by atoms with E-state index in [0.29, 0.717) is 42.8 Å². The summed E-state index contributed by atoms with van der Waals surface area (Å²) in [5.41, 5.74) is -0.967. The number of carboxylic acid groups (broad SMARTS) is 1. The van der Waals surface area contributed by atoms with Crippen molar-refractivity contribution in [2.75, 3.05) is 39.3 Å². The minimum Gasteiger partial charge on any atom is -0.548 e. The Balaban J connectivity index is 0.00000392. The van der Waals surface area contributed by atoms with Gasteiger partial charge in [0.1, 0.15) is 5.82 Å². The topological polar surface area (TPSA) is 95.9 Å². The fourth-order valence-electron chi connectivity index (χ4n) is 2.99. The fraction of sp³-hybridized carbons (Fsp3) is 0.556. The minimum absolute atomic E-state index is 0. The number of nitrogens with zero attached hydrogens (tertiary/aromatic N) is 2. The second-order valence-corrected chi connectivity index (χ2v) is 7.85. The summed E-state index contributed by atoms with van der Waals surface area (Å²) in [6.45, 7) is 4.11. The van der Waals surface area contributed by atoms with Crippen LogP contribution in [0.5, 0.6) is 0 Å². The van der Waals surface area contributed by atoms with Crippen LogP contribution >= 0.6 is 15.9 Å². The van der Waals surface area contributed by atoms with Gasteiger partial charge in [-0.25, -0.2) is 4.39 Å². The monoisotopic (exact) mass is 483 g/mol. The molecule has 0 aromatic heterocycles. The molecule has 150 valence electrons. The molecule has 7 nitrogen and oxygen atoms in total. The van der Waals surface area contributed by atoms with Crippen LogP contribution in [-0.2, 0) is 16.1 Å². The molecular weight excluding hydrogens is 460 g/mol. The van der Waals surface area contributed by atoms with Gasteiger partial charge in [-0.1, -0.05) is 22.0 Å². The Bertz CT molecular complexity index is 689. The number of hydrogen-bond acceptors (Lipinski definition) is 6. The molecule has 1 amide bonds. The van der Waals surface area contributed by atoms with E-state index in [9.17, 15) is 19.1 Å². The first-order valence-corrected chi connectivity index (χ1v) is 9.55. The van der Waals surface area contributed by atoms with Gasteiger partial charge >= 0.3 is 51.4 Å². The molecule has 1 fully saturated rings. The van der Waals surface area contributed by atoms with Crippen molar-refractivity contribution in [3.8, 4) is 0 Å². The molecule has 1 unspecified atom stereocenters. The van der Waals surface area contributed by atoms with Crippen molar-refractivity contribution in [1.82, 2.24) is 15.1 Å². The zero-order chi connectivity index (χ0) is 20.0. The molecule has 0 bridgehead atoms. The molecule has 1 heterocycles. The van der Waals surface area contributed by atoms with E-state index in [0.717, 1.165) is 0 Å². The van der Waals surface area contributed by atoms with E-state index in [4.69, 9.17) is 5.11 Å². The summed E-state index contributed by atoms with van der Waals surface area (Å²) < 4.78 is 14.6. The van der Waals surface area contributed by atoms with Gasteiger partial charge in [0, 0.05) is 49.4 Å². The second kappa shape index (κ2) is 12.1. The number of aliphatic carboxylic acids is 1. The third-order valence-corrected chi connectivity index (χ3v) is 5.21. The Morgan fingerprint density at radius 3 is 2.43 bits per heavy atom. The number of aliphatic hydroxyl groups excluding tert-OH is 1. The van der Waals surface area contributed by atoms with Gasteiger partial charge in [-0.15, -0.1) is 0 Å². The Labute approximate surface area is 215 Å². The Kier molecular flexibility index (Phi) is 11.3. The molecule has 1 aliphatic rings. The van der Waals surface area contributed by atoms with Gasteiger partial charge in [0.15, 0.2) is 0 Å². The number of aliphatic hydroxyl groups is 1. The van der Waals surface area contributed by atoms with Crippen molar-refractivity contribution in [2.24, 2.45) is 0 Å². The number of amides is 1. The quantitative estimate of drug-likeness (QED) is 0.376. The molecule has 1 atom stereocenters. The summed E-state index contributed by atoms with van der Waals surface area (Å²) in [6, 6.07) is 5.00. The molecule has 0 spiro atoms. The van der Waals surface area contributed by atoms with Crippen molar-refractivity contribution < 1.29 is 75.6 Å². The molecule has 1 aromatic rings. The predicted molar refractivity (Wildman–Crippen MR) is 99.1 cm³/mol. The molecule has 1 aromatic carbocycles. The van der Waals surface area contributed by atoms with Crippen LogP contribution in [-0.4, -0.2) is 71.7 Å². The summed E-state index contributed by atoms with van der Waals surface area (Å²) in [6.07, 6.45) is -0.117. The van der Waals surface area contributed by atoms with Crippen LogP contribution in [0.3, 0.4) is 0 Å². The van der Waals surface area contributed by atoms with Gasteiger partial charge in [0.05, 0.1) is 18.1 Å². The van der Waals surface area contributed by atoms with E-state index >= 15 is 0 Å². The van der Waals surface area contributed by atoms with Gasteiger partial charge in [0.2, 0.25) is 5.91 Å². The molecular formula is C18H24BrFKN3O4. The number of carbonyl (C=O) groups is 2. The van der Waals surface area contributed by atoms with Crippen molar-refractivity contribution in [2.45, 2.75) is 25.4 Å². The number of halogens is 2. The number of benzene rings is 1. The molecule has 0 radical (unpaired) electrons. The van der Waals surface area contributed by atoms with Gasteiger partial charge in [-0.2, -0.15) is 0 Å². The smallest absolute Gasteiger partial charge is 0.548 e. The van der Waals surface area contributed by atoms with Crippen molar-refractivity contribution in [3.05, 3.63) is 34.1 Å². The van der Waals surface area contributed by atoms with E-state index in [1.165, 1.54) is 13.0 Å². The zero-order valence-electron chi connectivity index (χ0n) is 16.2. The van der Waals surface area contributed by atoms with Crippen LogP contribution in [0, 0.1) is 5.82 Å². The molecule has 0 saturated carbocycles. The average molecular weight is 484 g/mol.